The summed E-state index contributed by atoms with van der Waals surface area (Å²) in [6, 6.07) is 0. The minimum absolute atomic E-state index is 0.0335. The van der Waals surface area contributed by atoms with Gasteiger partial charge in [0.1, 0.15) is 23.9 Å². The van der Waals surface area contributed by atoms with E-state index in [2.05, 4.69) is 13.8 Å². The van der Waals surface area contributed by atoms with Gasteiger partial charge in [0.05, 0.1) is 13.2 Å². The van der Waals surface area contributed by atoms with Gasteiger partial charge in [-0.15, -0.1) is 0 Å². The molecule has 1 rings (SSSR count). The summed E-state index contributed by atoms with van der Waals surface area (Å²) in [5.41, 5.74) is -2.23. The van der Waals surface area contributed by atoms with Gasteiger partial charge in [0.15, 0.2) is 0 Å². The van der Waals surface area contributed by atoms with Gasteiger partial charge < -0.3 is 35.2 Å². The molecule has 0 spiro atoms. The van der Waals surface area contributed by atoms with Crippen LogP contribution in [0.15, 0.2) is 0 Å². The summed E-state index contributed by atoms with van der Waals surface area (Å²) < 4.78 is 29.8. The zero-order valence-electron chi connectivity index (χ0n) is 27.9. The van der Waals surface area contributed by atoms with Gasteiger partial charge in [-0.3, -0.25) is 9.05 Å². The van der Waals surface area contributed by atoms with E-state index in [1.54, 1.807) is 0 Å². The third kappa shape index (κ3) is 15.2. The van der Waals surface area contributed by atoms with E-state index in [1.165, 1.54) is 64.2 Å². The molecular weight excluding hydrogens is 587 g/mol. The summed E-state index contributed by atoms with van der Waals surface area (Å²) in [5.74, 6) is -2.19. The lowest BCUT2D eigenvalue weighted by Gasteiger charge is -2.55. The maximum atomic E-state index is 13.1. The lowest BCUT2D eigenvalue weighted by molar-refractivity contribution is -0.385. The minimum Gasteiger partial charge on any atom is -0.396 e. The molecule has 1 aliphatic rings. The Bertz CT molecular complexity index is 743. The Balaban J connectivity index is 2.96. The predicted molar refractivity (Wildman–Crippen MR) is 173 cm³/mol. The van der Waals surface area contributed by atoms with Crippen LogP contribution in [-0.4, -0.2) is 79.9 Å². The van der Waals surface area contributed by atoms with Gasteiger partial charge in [-0.1, -0.05) is 136 Å². The van der Waals surface area contributed by atoms with Gasteiger partial charge in [-0.25, -0.2) is 4.57 Å². The van der Waals surface area contributed by atoms with Crippen molar-refractivity contribution < 1.29 is 48.8 Å². The molecule has 0 amide bonds. The summed E-state index contributed by atoms with van der Waals surface area (Å²) >= 11 is 0. The van der Waals surface area contributed by atoms with Crippen molar-refractivity contribution in [2.45, 2.75) is 191 Å². The molecule has 11 heteroatoms. The summed E-state index contributed by atoms with van der Waals surface area (Å²) in [7, 11) is -4.84. The number of ether oxygens (including phenoxy) is 1. The van der Waals surface area contributed by atoms with Crippen LogP contribution >= 0.6 is 7.82 Å². The van der Waals surface area contributed by atoms with E-state index in [-0.39, 0.29) is 32.5 Å². The Kier molecular flexibility index (Phi) is 22.9. The molecule has 2 unspecified atom stereocenters. The molecule has 1 aliphatic heterocycles. The molecule has 44 heavy (non-hydrogen) atoms. The zero-order chi connectivity index (χ0) is 32.7. The molecule has 6 atom stereocenters. The molecule has 10 nitrogen and oxygen atoms in total. The summed E-state index contributed by atoms with van der Waals surface area (Å²) in [6.07, 6.45) is 16.3. The molecule has 0 saturated carbocycles. The number of aliphatic hydroxyl groups is 5. The quantitative estimate of drug-likeness (QED) is 0.0379. The summed E-state index contributed by atoms with van der Waals surface area (Å²) in [5, 5.41) is 53.1. The van der Waals surface area contributed by atoms with Crippen LogP contribution in [0.3, 0.4) is 0 Å². The number of phosphoric acid groups is 1. The number of aliphatic hydroxyl groups excluding tert-OH is 4. The molecule has 0 aromatic rings. The van der Waals surface area contributed by atoms with Gasteiger partial charge >= 0.3 is 7.82 Å². The highest BCUT2D eigenvalue weighted by Crippen LogP contribution is 2.56. The Hall–Kier alpha value is -0.130. The molecule has 0 radical (unpaired) electrons. The standard InChI is InChI=1S/C33H67O10P/c1-3-5-7-9-11-13-15-17-19-21-24-32(38)31(37)30(36)29(28-35)42-33(32,43-44(39,40)41-27-23-26-34)25-22-20-18-16-14-12-10-8-6-4-2/h29-31,34-38H,3-28H2,1-2H3,(H,39,40)/t29-,30-,31+,32-,33?/m1/s1. The van der Waals surface area contributed by atoms with Crippen LogP contribution in [0.4, 0.5) is 0 Å². The third-order valence-electron chi connectivity index (χ3n) is 8.97. The SMILES string of the molecule is CCCCCCCCCCCCC1(OP(=O)(O)OCCCO)O[C@H](CO)[C@@H](O)[C@H](O)[C@]1(O)CCCCCCCCCCCC. The fraction of sp³-hybridized carbons (Fsp3) is 1.00. The van der Waals surface area contributed by atoms with E-state index in [9.17, 15) is 29.9 Å². The van der Waals surface area contributed by atoms with E-state index >= 15 is 0 Å². The van der Waals surface area contributed by atoms with Crippen LogP contribution < -0.4 is 0 Å². The molecule has 0 bridgehead atoms. The van der Waals surface area contributed by atoms with Gasteiger partial charge in [0.25, 0.3) is 0 Å². The molecule has 6 N–H and O–H groups in total. The number of hydrogen-bond donors (Lipinski definition) is 6. The van der Waals surface area contributed by atoms with Crippen LogP contribution in [0.1, 0.15) is 162 Å². The fourth-order valence-electron chi connectivity index (χ4n) is 6.22. The maximum Gasteiger partial charge on any atom is 0.474 e. The van der Waals surface area contributed by atoms with E-state index in [0.29, 0.717) is 12.8 Å². The van der Waals surface area contributed by atoms with E-state index < -0.39 is 44.1 Å². The van der Waals surface area contributed by atoms with Crippen molar-refractivity contribution in [1.29, 1.82) is 0 Å². The van der Waals surface area contributed by atoms with E-state index in [4.69, 9.17) is 18.9 Å². The highest BCUT2D eigenvalue weighted by Gasteiger charge is 2.66. The second kappa shape index (κ2) is 24.1. The average molecular weight is 655 g/mol. The first-order valence-electron chi connectivity index (χ1n) is 17.8. The number of phosphoric ester groups is 1. The third-order valence-corrected chi connectivity index (χ3v) is 10.0. The fourth-order valence-corrected chi connectivity index (χ4v) is 7.29. The van der Waals surface area contributed by atoms with Crippen molar-refractivity contribution >= 4 is 7.82 Å². The topological polar surface area (TPSA) is 166 Å². The number of hydrogen-bond acceptors (Lipinski definition) is 9. The molecular formula is C33H67O10P. The number of rotatable bonds is 29. The zero-order valence-corrected chi connectivity index (χ0v) is 28.8. The molecule has 0 aromatic heterocycles. The van der Waals surface area contributed by atoms with Crippen molar-refractivity contribution in [2.24, 2.45) is 0 Å². The van der Waals surface area contributed by atoms with Crippen LogP contribution in [0.2, 0.25) is 0 Å². The summed E-state index contributed by atoms with van der Waals surface area (Å²) in [4.78, 5) is 10.6. The van der Waals surface area contributed by atoms with Crippen LogP contribution in [0, 0.1) is 0 Å². The molecule has 1 heterocycles. The second-order valence-corrected chi connectivity index (χ2v) is 14.2. The van der Waals surface area contributed by atoms with Crippen LogP contribution in [0.5, 0.6) is 0 Å². The first-order valence-corrected chi connectivity index (χ1v) is 19.3. The van der Waals surface area contributed by atoms with Gasteiger partial charge in [-0.2, -0.15) is 0 Å². The largest absolute Gasteiger partial charge is 0.474 e. The first kappa shape index (κ1) is 41.9. The highest BCUT2D eigenvalue weighted by molar-refractivity contribution is 7.47. The predicted octanol–water partition coefficient (Wildman–Crippen LogP) is 6.66. The van der Waals surface area contributed by atoms with Crippen molar-refractivity contribution in [3.05, 3.63) is 0 Å². The molecule has 1 saturated heterocycles. The van der Waals surface area contributed by atoms with Crippen molar-refractivity contribution in [3.8, 4) is 0 Å². The number of unbranched alkanes of at least 4 members (excludes halogenated alkanes) is 18. The monoisotopic (exact) mass is 654 g/mol. The molecule has 264 valence electrons. The van der Waals surface area contributed by atoms with Crippen LogP contribution in [-0.2, 0) is 18.3 Å². The second-order valence-electron chi connectivity index (χ2n) is 12.8. The minimum atomic E-state index is -4.84. The van der Waals surface area contributed by atoms with E-state index in [1.807, 2.05) is 0 Å². The smallest absolute Gasteiger partial charge is 0.396 e. The Morgan fingerprint density at radius 3 is 1.55 bits per heavy atom. The normalized spacial score (nSPS) is 27.0. The highest BCUT2D eigenvalue weighted by atomic mass is 31.2. The van der Waals surface area contributed by atoms with Gasteiger partial charge in [0.2, 0.25) is 5.79 Å². The molecule has 0 aliphatic carbocycles. The van der Waals surface area contributed by atoms with Crippen molar-refractivity contribution in [1.82, 2.24) is 0 Å². The Morgan fingerprint density at radius 1 is 0.682 bits per heavy atom. The van der Waals surface area contributed by atoms with Crippen LogP contribution in [0.25, 0.3) is 0 Å². The Morgan fingerprint density at radius 2 is 1.11 bits per heavy atom. The van der Waals surface area contributed by atoms with E-state index in [0.717, 1.165) is 51.4 Å². The lowest BCUT2D eigenvalue weighted by Crippen LogP contribution is -2.73. The Labute approximate surface area is 267 Å². The molecule has 0 aromatic carbocycles. The van der Waals surface area contributed by atoms with Crippen molar-refractivity contribution in [3.63, 3.8) is 0 Å². The van der Waals surface area contributed by atoms with Gasteiger partial charge in [0, 0.05) is 13.0 Å². The first-order chi connectivity index (χ1) is 21.1. The van der Waals surface area contributed by atoms with Gasteiger partial charge in [-0.05, 0) is 19.3 Å². The maximum absolute atomic E-state index is 13.1. The average Bonchev–Trinajstić information content (AvgIpc) is 2.99. The summed E-state index contributed by atoms with van der Waals surface area (Å²) in [6.45, 7) is 3.21. The lowest BCUT2D eigenvalue weighted by atomic mass is 9.74. The van der Waals surface area contributed by atoms with Crippen molar-refractivity contribution in [2.75, 3.05) is 19.8 Å². The molecule has 1 fully saturated rings.